The standard InChI is InChI=1S/C39H37N5O2S/c45-47(46,38-19-11-4-12-20-38)44(37-23-21-36(22-24-37)42-27-25-40-26-28-42)30-35-29-43(31-41-35)39(32-13-5-1-6-14-32,33-15-7-2-8-16-33)34-17-9-3-10-18-34/h1-24,29,31,40H,25-28,30H2. The van der Waals surface area contributed by atoms with Crippen LogP contribution in [0, 0.1) is 0 Å². The molecule has 1 N–H and O–H groups in total. The van der Waals surface area contributed by atoms with Crippen molar-refractivity contribution in [2.24, 2.45) is 0 Å². The number of nitrogens with zero attached hydrogens (tertiary/aromatic N) is 4. The number of rotatable bonds is 10. The second-order valence-electron chi connectivity index (χ2n) is 11.7. The second kappa shape index (κ2) is 13.3. The van der Waals surface area contributed by atoms with E-state index in [1.54, 1.807) is 24.3 Å². The number of hydrogen-bond acceptors (Lipinski definition) is 5. The molecule has 0 unspecified atom stereocenters. The van der Waals surface area contributed by atoms with Crippen LogP contribution in [-0.4, -0.2) is 44.1 Å². The molecule has 0 saturated carbocycles. The fourth-order valence-corrected chi connectivity index (χ4v) is 8.01. The highest BCUT2D eigenvalue weighted by Gasteiger charge is 2.38. The van der Waals surface area contributed by atoms with Crippen molar-refractivity contribution in [2.45, 2.75) is 17.0 Å². The molecule has 7 nitrogen and oxygen atoms in total. The Balaban J connectivity index is 1.33. The van der Waals surface area contributed by atoms with Gasteiger partial charge in [-0.2, -0.15) is 0 Å². The molecular weight excluding hydrogens is 603 g/mol. The number of benzene rings is 5. The molecule has 2 heterocycles. The first-order valence-electron chi connectivity index (χ1n) is 15.9. The summed E-state index contributed by atoms with van der Waals surface area (Å²) in [4.78, 5) is 7.41. The summed E-state index contributed by atoms with van der Waals surface area (Å²) in [7, 11) is -3.91. The van der Waals surface area contributed by atoms with E-state index in [0.29, 0.717) is 11.4 Å². The van der Waals surface area contributed by atoms with Gasteiger partial charge in [0.1, 0.15) is 5.54 Å². The lowest BCUT2D eigenvalue weighted by Crippen LogP contribution is -2.43. The number of anilines is 2. The van der Waals surface area contributed by atoms with Gasteiger partial charge in [-0.3, -0.25) is 4.31 Å². The summed E-state index contributed by atoms with van der Waals surface area (Å²) in [6, 6.07) is 47.6. The summed E-state index contributed by atoms with van der Waals surface area (Å²) in [5, 5.41) is 3.38. The molecule has 236 valence electrons. The van der Waals surface area contributed by atoms with Crippen LogP contribution >= 0.6 is 0 Å². The molecule has 0 bridgehead atoms. The van der Waals surface area contributed by atoms with Crippen LogP contribution < -0.4 is 14.5 Å². The minimum atomic E-state index is -3.91. The van der Waals surface area contributed by atoms with E-state index in [4.69, 9.17) is 4.98 Å². The third kappa shape index (κ3) is 5.93. The van der Waals surface area contributed by atoms with E-state index in [1.807, 2.05) is 97.5 Å². The molecule has 5 aromatic carbocycles. The van der Waals surface area contributed by atoms with Crippen LogP contribution in [0.1, 0.15) is 22.4 Å². The quantitative estimate of drug-likeness (QED) is 0.173. The molecule has 0 amide bonds. The van der Waals surface area contributed by atoms with E-state index in [2.05, 4.69) is 51.2 Å². The lowest BCUT2D eigenvalue weighted by Gasteiger charge is -2.37. The minimum Gasteiger partial charge on any atom is -0.369 e. The molecule has 0 spiro atoms. The Kier molecular flexibility index (Phi) is 8.61. The fourth-order valence-electron chi connectivity index (χ4n) is 6.55. The normalized spacial score (nSPS) is 13.7. The molecule has 1 saturated heterocycles. The highest BCUT2D eigenvalue weighted by molar-refractivity contribution is 7.92. The molecule has 8 heteroatoms. The van der Waals surface area contributed by atoms with Gasteiger partial charge in [0, 0.05) is 38.1 Å². The molecule has 1 aliphatic heterocycles. The maximum Gasteiger partial charge on any atom is 0.264 e. The lowest BCUT2D eigenvalue weighted by molar-refractivity contribution is 0.514. The van der Waals surface area contributed by atoms with Crippen molar-refractivity contribution in [1.29, 1.82) is 0 Å². The Labute approximate surface area is 276 Å². The van der Waals surface area contributed by atoms with Crippen LogP contribution in [-0.2, 0) is 22.1 Å². The van der Waals surface area contributed by atoms with Crippen LogP contribution in [0.4, 0.5) is 11.4 Å². The Hall–Kier alpha value is -5.18. The summed E-state index contributed by atoms with van der Waals surface area (Å²) in [6.45, 7) is 3.74. The Morgan fingerprint density at radius 2 is 1.15 bits per heavy atom. The van der Waals surface area contributed by atoms with Crippen molar-refractivity contribution in [3.63, 3.8) is 0 Å². The van der Waals surface area contributed by atoms with Crippen molar-refractivity contribution in [1.82, 2.24) is 14.9 Å². The molecule has 1 fully saturated rings. The molecule has 0 atom stereocenters. The average Bonchev–Trinajstić information content (AvgIpc) is 3.62. The molecule has 6 aromatic rings. The van der Waals surface area contributed by atoms with Gasteiger partial charge in [0.15, 0.2) is 0 Å². The zero-order chi connectivity index (χ0) is 32.1. The molecule has 47 heavy (non-hydrogen) atoms. The van der Waals surface area contributed by atoms with E-state index in [1.165, 1.54) is 4.31 Å². The van der Waals surface area contributed by atoms with Gasteiger partial charge in [0.25, 0.3) is 10.0 Å². The average molecular weight is 640 g/mol. The second-order valence-corrected chi connectivity index (χ2v) is 13.5. The number of imidazole rings is 1. The number of hydrogen-bond donors (Lipinski definition) is 1. The highest BCUT2D eigenvalue weighted by Crippen LogP contribution is 2.41. The Morgan fingerprint density at radius 1 is 0.660 bits per heavy atom. The summed E-state index contributed by atoms with van der Waals surface area (Å²) in [6.07, 6.45) is 3.80. The third-order valence-electron chi connectivity index (χ3n) is 8.85. The molecule has 1 aromatic heterocycles. The summed E-state index contributed by atoms with van der Waals surface area (Å²) >= 11 is 0. The summed E-state index contributed by atoms with van der Waals surface area (Å²) in [5.41, 5.74) is 4.75. The number of sulfonamides is 1. The maximum absolute atomic E-state index is 14.3. The minimum absolute atomic E-state index is 0.0612. The summed E-state index contributed by atoms with van der Waals surface area (Å²) in [5.74, 6) is 0. The predicted molar refractivity (Wildman–Crippen MR) is 188 cm³/mol. The first kappa shape index (κ1) is 30.5. The maximum atomic E-state index is 14.3. The van der Waals surface area contributed by atoms with Crippen LogP contribution in [0.2, 0.25) is 0 Å². The van der Waals surface area contributed by atoms with Gasteiger partial charge >= 0.3 is 0 Å². The largest absolute Gasteiger partial charge is 0.369 e. The van der Waals surface area contributed by atoms with E-state index < -0.39 is 15.6 Å². The van der Waals surface area contributed by atoms with Gasteiger partial charge in [-0.1, -0.05) is 109 Å². The zero-order valence-electron chi connectivity index (χ0n) is 26.1. The number of aromatic nitrogens is 2. The van der Waals surface area contributed by atoms with Crippen LogP contribution in [0.15, 0.2) is 163 Å². The molecule has 0 aliphatic carbocycles. The van der Waals surface area contributed by atoms with Gasteiger partial charge in [-0.15, -0.1) is 0 Å². The zero-order valence-corrected chi connectivity index (χ0v) is 26.9. The first-order valence-corrected chi connectivity index (χ1v) is 17.3. The van der Waals surface area contributed by atoms with Crippen LogP contribution in [0.3, 0.4) is 0 Å². The van der Waals surface area contributed by atoms with Gasteiger partial charge in [-0.25, -0.2) is 13.4 Å². The van der Waals surface area contributed by atoms with E-state index in [0.717, 1.165) is 48.6 Å². The van der Waals surface area contributed by atoms with Crippen molar-refractivity contribution in [3.8, 4) is 0 Å². The fraction of sp³-hybridized carbons (Fsp3) is 0.154. The van der Waals surface area contributed by atoms with E-state index in [9.17, 15) is 8.42 Å². The van der Waals surface area contributed by atoms with Crippen molar-refractivity contribution in [2.75, 3.05) is 35.4 Å². The summed E-state index contributed by atoms with van der Waals surface area (Å²) < 4.78 is 32.1. The van der Waals surface area contributed by atoms with Gasteiger partial charge in [0.05, 0.1) is 29.1 Å². The van der Waals surface area contributed by atoms with Gasteiger partial charge in [-0.05, 0) is 53.1 Å². The monoisotopic (exact) mass is 639 g/mol. The van der Waals surface area contributed by atoms with Crippen LogP contribution in [0.5, 0.6) is 0 Å². The SMILES string of the molecule is O=S(=O)(c1ccccc1)N(Cc1cn(C(c2ccccc2)(c2ccccc2)c2ccccc2)cn1)c1ccc(N2CCNCC2)cc1. The Morgan fingerprint density at radius 3 is 1.66 bits per heavy atom. The predicted octanol–water partition coefficient (Wildman–Crippen LogP) is 6.53. The van der Waals surface area contributed by atoms with Crippen molar-refractivity contribution < 1.29 is 8.42 Å². The van der Waals surface area contributed by atoms with Crippen LogP contribution in [0.25, 0.3) is 0 Å². The van der Waals surface area contributed by atoms with E-state index in [-0.39, 0.29) is 11.4 Å². The van der Waals surface area contributed by atoms with Gasteiger partial charge in [0.2, 0.25) is 0 Å². The van der Waals surface area contributed by atoms with Crippen molar-refractivity contribution in [3.05, 3.63) is 181 Å². The van der Waals surface area contributed by atoms with Gasteiger partial charge < -0.3 is 14.8 Å². The molecule has 7 rings (SSSR count). The van der Waals surface area contributed by atoms with Crippen molar-refractivity contribution >= 4 is 21.4 Å². The highest BCUT2D eigenvalue weighted by atomic mass is 32.2. The smallest absolute Gasteiger partial charge is 0.264 e. The molecular formula is C39H37N5O2S. The Bertz CT molecular complexity index is 1900. The molecule has 1 aliphatic rings. The topological polar surface area (TPSA) is 70.5 Å². The molecule has 0 radical (unpaired) electrons. The third-order valence-corrected chi connectivity index (χ3v) is 10.6. The first-order chi connectivity index (χ1) is 23.1. The number of nitrogens with one attached hydrogen (secondary N) is 1. The number of piperazine rings is 1. The lowest BCUT2D eigenvalue weighted by atomic mass is 9.77. The van der Waals surface area contributed by atoms with E-state index >= 15 is 0 Å².